The number of anilines is 1. The Hall–Kier alpha value is -3.51. The molecule has 0 aliphatic carbocycles. The van der Waals surface area contributed by atoms with E-state index in [1.165, 1.54) is 5.38 Å². The summed E-state index contributed by atoms with van der Waals surface area (Å²) in [5, 5.41) is 17.6. The normalized spacial score (nSPS) is 13.9. The molecule has 0 bridgehead atoms. The van der Waals surface area contributed by atoms with Crippen LogP contribution in [0.15, 0.2) is 53.9 Å². The number of carbonyl (C=O) groups is 2. The summed E-state index contributed by atoms with van der Waals surface area (Å²) >= 11 is 0.810. The summed E-state index contributed by atoms with van der Waals surface area (Å²) in [5.41, 5.74) is 0.684. The summed E-state index contributed by atoms with van der Waals surface area (Å²) in [6, 6.07) is 10.3. The summed E-state index contributed by atoms with van der Waals surface area (Å²) in [6.45, 7) is -0.350. The Morgan fingerprint density at radius 3 is 2.30 bits per heavy atom. The van der Waals surface area contributed by atoms with Crippen molar-refractivity contribution in [3.63, 3.8) is 0 Å². The molecule has 3 unspecified atom stereocenters. The summed E-state index contributed by atoms with van der Waals surface area (Å²) < 4.78 is 82.1. The van der Waals surface area contributed by atoms with Crippen molar-refractivity contribution in [1.82, 2.24) is 15.6 Å². The van der Waals surface area contributed by atoms with E-state index in [4.69, 9.17) is 4.74 Å². The third-order valence-electron chi connectivity index (χ3n) is 5.99. The maximum Gasteiger partial charge on any atom is 0.271 e. The van der Waals surface area contributed by atoms with Crippen molar-refractivity contribution >= 4 is 48.1 Å². The molecule has 2 amide bonds. The molecule has 3 atom stereocenters. The van der Waals surface area contributed by atoms with Gasteiger partial charge in [0.1, 0.15) is 33.3 Å². The van der Waals surface area contributed by atoms with Gasteiger partial charge in [-0.1, -0.05) is 30.3 Å². The second kappa shape index (κ2) is 15.5. The predicted octanol–water partition coefficient (Wildman–Crippen LogP) is 1.28. The largest absolute Gasteiger partial charge is 0.388 e. The molecule has 0 radical (unpaired) electrons. The van der Waals surface area contributed by atoms with Crippen LogP contribution < -0.4 is 15.4 Å². The third-order valence-corrected chi connectivity index (χ3v) is 8.35. The lowest BCUT2D eigenvalue weighted by molar-refractivity contribution is -0.141. The number of aromatic nitrogens is 1. The van der Waals surface area contributed by atoms with Gasteiger partial charge < -0.3 is 20.5 Å². The van der Waals surface area contributed by atoms with Gasteiger partial charge in [-0.3, -0.25) is 14.3 Å². The molecule has 17 heteroatoms. The lowest BCUT2D eigenvalue weighted by atomic mass is 9.96. The van der Waals surface area contributed by atoms with E-state index in [1.54, 1.807) is 0 Å². The molecule has 0 saturated carbocycles. The van der Waals surface area contributed by atoms with Crippen molar-refractivity contribution in [3.8, 4) is 0 Å². The highest BCUT2D eigenvalue weighted by Crippen LogP contribution is 2.19. The molecular weight excluding hydrogens is 643 g/mol. The fourth-order valence-corrected chi connectivity index (χ4v) is 5.95. The first-order chi connectivity index (χ1) is 20.6. The van der Waals surface area contributed by atoms with E-state index in [-0.39, 0.29) is 29.4 Å². The number of rotatable bonds is 16. The average Bonchev–Trinajstić information content (AvgIpc) is 3.37. The minimum Gasteiger partial charge on any atom is -0.388 e. The summed E-state index contributed by atoms with van der Waals surface area (Å²) in [7, 11) is -7.20. The monoisotopic (exact) mass is 674 g/mol. The summed E-state index contributed by atoms with van der Waals surface area (Å²) in [5.74, 6) is -4.04. The Morgan fingerprint density at radius 2 is 1.68 bits per heavy atom. The SMILES string of the molecule is CS(=O)(=O)CCOC(C(=O)NCCc1ccccc1)C(O)C(Cc1cc(F)cc(F)c1)NC(=O)c1csc(NS(C)(=O)=O)n1. The lowest BCUT2D eigenvalue weighted by Gasteiger charge is -2.30. The van der Waals surface area contributed by atoms with Crippen molar-refractivity contribution < 1.29 is 45.0 Å². The van der Waals surface area contributed by atoms with Crippen molar-refractivity contribution in [2.24, 2.45) is 0 Å². The zero-order valence-corrected chi connectivity index (χ0v) is 26.1. The number of ether oxygens (including phenoxy) is 1. The molecule has 0 spiro atoms. The second-order valence-electron chi connectivity index (χ2n) is 9.91. The molecule has 3 rings (SSSR count). The third kappa shape index (κ3) is 11.9. The van der Waals surface area contributed by atoms with Gasteiger partial charge in [0, 0.05) is 24.2 Å². The van der Waals surface area contributed by atoms with Gasteiger partial charge in [-0.15, -0.1) is 11.3 Å². The van der Waals surface area contributed by atoms with Crippen molar-refractivity contribution in [3.05, 3.63) is 82.4 Å². The fraction of sp³-hybridized carbons (Fsp3) is 0.370. The minimum absolute atomic E-state index is 0.0175. The number of nitrogens with one attached hydrogen (secondary N) is 3. The molecule has 12 nitrogen and oxygen atoms in total. The van der Waals surface area contributed by atoms with Crippen LogP contribution in [0.4, 0.5) is 13.9 Å². The fourth-order valence-electron chi connectivity index (χ4n) is 4.01. The highest BCUT2D eigenvalue weighted by atomic mass is 32.2. The standard InChI is InChI=1S/C27H32F2N4O8S3/c1-43(37,38)11-10-41-24(26(36)30-9-8-17-6-4-3-5-7-17)23(34)21(14-18-12-19(28)15-20(29)13-18)31-25(35)22-16-42-27(32-22)33-44(2,39)40/h3-7,12-13,15-16,21,23-24,34H,8-11,14H2,1-2H3,(H,30,36)(H,31,35)(H,32,33). The second-order valence-corrected chi connectivity index (χ2v) is 14.8. The molecule has 240 valence electrons. The average molecular weight is 675 g/mol. The Labute approximate surface area is 257 Å². The summed E-state index contributed by atoms with van der Waals surface area (Å²) in [4.78, 5) is 30.2. The van der Waals surface area contributed by atoms with E-state index < -0.39 is 73.9 Å². The number of nitrogens with zero attached hydrogens (tertiary/aromatic N) is 1. The van der Waals surface area contributed by atoms with E-state index in [1.807, 2.05) is 30.3 Å². The molecule has 2 aromatic carbocycles. The Bertz CT molecular complexity index is 1630. The molecule has 0 aliphatic heterocycles. The number of halogens is 2. The van der Waals surface area contributed by atoms with Crippen LogP contribution in [0.1, 0.15) is 21.6 Å². The van der Waals surface area contributed by atoms with Crippen LogP contribution in [0.3, 0.4) is 0 Å². The van der Waals surface area contributed by atoms with E-state index in [0.29, 0.717) is 12.5 Å². The number of amides is 2. The first-order valence-corrected chi connectivity index (χ1v) is 17.9. The Balaban J connectivity index is 1.87. The van der Waals surface area contributed by atoms with E-state index in [0.717, 1.165) is 41.5 Å². The number of sulfonamides is 1. The van der Waals surface area contributed by atoms with Crippen LogP contribution in [-0.4, -0.2) is 88.4 Å². The van der Waals surface area contributed by atoms with Crippen molar-refractivity contribution in [2.45, 2.75) is 31.1 Å². The van der Waals surface area contributed by atoms with Gasteiger partial charge in [0.05, 0.1) is 24.7 Å². The van der Waals surface area contributed by atoms with Crippen LogP contribution in [0.2, 0.25) is 0 Å². The molecule has 0 aliphatic rings. The highest BCUT2D eigenvalue weighted by molar-refractivity contribution is 7.92. The number of aliphatic hydroxyl groups excluding tert-OH is 1. The topological polar surface area (TPSA) is 181 Å². The predicted molar refractivity (Wildman–Crippen MR) is 161 cm³/mol. The van der Waals surface area contributed by atoms with Gasteiger partial charge in [-0.25, -0.2) is 30.6 Å². The Kier molecular flexibility index (Phi) is 12.3. The quantitative estimate of drug-likeness (QED) is 0.174. The van der Waals surface area contributed by atoms with Gasteiger partial charge in [-0.2, -0.15) is 0 Å². The number of aliphatic hydroxyl groups is 1. The van der Waals surface area contributed by atoms with Crippen LogP contribution >= 0.6 is 11.3 Å². The van der Waals surface area contributed by atoms with Crippen molar-refractivity contribution in [1.29, 1.82) is 0 Å². The minimum atomic E-state index is -3.69. The maximum atomic E-state index is 14.0. The molecular formula is C27H32F2N4O8S3. The zero-order valence-electron chi connectivity index (χ0n) is 23.7. The van der Waals surface area contributed by atoms with Gasteiger partial charge in [-0.05, 0) is 36.1 Å². The van der Waals surface area contributed by atoms with Gasteiger partial charge in [0.25, 0.3) is 11.8 Å². The number of hydrogen-bond donors (Lipinski definition) is 4. The molecule has 0 saturated heterocycles. The first-order valence-electron chi connectivity index (χ1n) is 13.1. The van der Waals surface area contributed by atoms with E-state index >= 15 is 0 Å². The molecule has 44 heavy (non-hydrogen) atoms. The van der Waals surface area contributed by atoms with E-state index in [2.05, 4.69) is 20.3 Å². The van der Waals surface area contributed by atoms with E-state index in [9.17, 15) is 40.3 Å². The Morgan fingerprint density at radius 1 is 1.02 bits per heavy atom. The first kappa shape index (κ1) is 35.0. The van der Waals surface area contributed by atoms with Crippen molar-refractivity contribution in [2.75, 3.05) is 36.1 Å². The van der Waals surface area contributed by atoms with Crippen LogP contribution in [0.5, 0.6) is 0 Å². The van der Waals surface area contributed by atoms with Gasteiger partial charge >= 0.3 is 0 Å². The van der Waals surface area contributed by atoms with Gasteiger partial charge in [0.2, 0.25) is 10.0 Å². The number of benzene rings is 2. The van der Waals surface area contributed by atoms with Crippen LogP contribution in [0, 0.1) is 11.6 Å². The zero-order chi connectivity index (χ0) is 32.5. The lowest BCUT2D eigenvalue weighted by Crippen LogP contribution is -2.55. The number of sulfone groups is 1. The molecule has 0 fully saturated rings. The molecule has 3 aromatic rings. The number of hydrogen-bond acceptors (Lipinski definition) is 10. The number of carbonyl (C=O) groups excluding carboxylic acids is 2. The number of thiazole rings is 1. The maximum absolute atomic E-state index is 14.0. The molecule has 1 aromatic heterocycles. The smallest absolute Gasteiger partial charge is 0.271 e. The highest BCUT2D eigenvalue weighted by Gasteiger charge is 2.36. The summed E-state index contributed by atoms with van der Waals surface area (Å²) in [6.07, 6.45) is -1.67. The molecule has 1 heterocycles. The van der Waals surface area contributed by atoms with Crippen LogP contribution in [-0.2, 0) is 42.2 Å². The van der Waals surface area contributed by atoms with Crippen LogP contribution in [0.25, 0.3) is 0 Å². The molecule has 4 N–H and O–H groups in total. The van der Waals surface area contributed by atoms with Gasteiger partial charge in [0.15, 0.2) is 11.2 Å².